The first kappa shape index (κ1) is 18.7. The maximum Gasteiger partial charge on any atom is 0.263 e. The first-order valence-corrected chi connectivity index (χ1v) is 8.50. The van der Waals surface area contributed by atoms with E-state index >= 15 is 0 Å². The van der Waals surface area contributed by atoms with Crippen LogP contribution in [0.4, 0.5) is 0 Å². The number of Topliss-reactive ketones (excluding diaryl/α,β-unsaturated/α-hetero) is 1. The Kier molecular flexibility index (Phi) is 6.34. The van der Waals surface area contributed by atoms with Crippen LogP contribution in [0.25, 0.3) is 0 Å². The van der Waals surface area contributed by atoms with Crippen molar-refractivity contribution in [1.82, 2.24) is 4.90 Å². The molecule has 1 unspecified atom stereocenters. The molecule has 25 heavy (non-hydrogen) atoms. The SMILES string of the molecule is CC(=O)c1cccc(OC(C)C(=O)N(Cc2ccccc2)C(C)C)c1. The Labute approximate surface area is 149 Å². The van der Waals surface area contributed by atoms with Crippen LogP contribution < -0.4 is 4.74 Å². The minimum Gasteiger partial charge on any atom is -0.481 e. The predicted octanol–water partition coefficient (Wildman–Crippen LogP) is 4.09. The van der Waals surface area contributed by atoms with Crippen molar-refractivity contribution >= 4 is 11.7 Å². The average Bonchev–Trinajstić information content (AvgIpc) is 2.60. The molecule has 0 aliphatic rings. The zero-order valence-corrected chi connectivity index (χ0v) is 15.2. The summed E-state index contributed by atoms with van der Waals surface area (Å²) >= 11 is 0. The Morgan fingerprint density at radius 3 is 2.28 bits per heavy atom. The van der Waals surface area contributed by atoms with Crippen LogP contribution in [0.3, 0.4) is 0 Å². The summed E-state index contributed by atoms with van der Waals surface area (Å²) in [7, 11) is 0. The van der Waals surface area contributed by atoms with Gasteiger partial charge in [-0.25, -0.2) is 0 Å². The summed E-state index contributed by atoms with van der Waals surface area (Å²) < 4.78 is 5.79. The summed E-state index contributed by atoms with van der Waals surface area (Å²) in [5.41, 5.74) is 1.65. The van der Waals surface area contributed by atoms with Gasteiger partial charge in [0.15, 0.2) is 11.9 Å². The molecule has 0 heterocycles. The van der Waals surface area contributed by atoms with Crippen molar-refractivity contribution < 1.29 is 14.3 Å². The first-order valence-electron chi connectivity index (χ1n) is 8.50. The molecule has 2 aromatic rings. The molecule has 0 saturated heterocycles. The molecule has 4 nitrogen and oxygen atoms in total. The number of nitrogens with zero attached hydrogens (tertiary/aromatic N) is 1. The van der Waals surface area contributed by atoms with Gasteiger partial charge in [0.2, 0.25) is 0 Å². The number of hydrogen-bond donors (Lipinski definition) is 0. The normalized spacial score (nSPS) is 11.9. The number of ether oxygens (including phenoxy) is 1. The van der Waals surface area contributed by atoms with Gasteiger partial charge < -0.3 is 9.64 Å². The lowest BCUT2D eigenvalue weighted by Crippen LogP contribution is -2.43. The number of ketones is 1. The average molecular weight is 339 g/mol. The molecule has 0 N–H and O–H groups in total. The maximum absolute atomic E-state index is 12.8. The molecule has 4 heteroatoms. The Morgan fingerprint density at radius 2 is 1.68 bits per heavy atom. The van der Waals surface area contributed by atoms with Crippen LogP contribution >= 0.6 is 0 Å². The number of amides is 1. The number of rotatable bonds is 7. The highest BCUT2D eigenvalue weighted by atomic mass is 16.5. The molecule has 1 amide bonds. The van der Waals surface area contributed by atoms with Crippen molar-refractivity contribution in [3.63, 3.8) is 0 Å². The fourth-order valence-electron chi connectivity index (χ4n) is 2.57. The Bertz CT molecular complexity index is 725. The summed E-state index contributed by atoms with van der Waals surface area (Å²) in [6.45, 7) is 7.77. The van der Waals surface area contributed by atoms with E-state index in [4.69, 9.17) is 4.74 Å². The maximum atomic E-state index is 12.8. The van der Waals surface area contributed by atoms with E-state index in [0.29, 0.717) is 17.9 Å². The molecule has 0 aliphatic heterocycles. The van der Waals surface area contributed by atoms with Crippen molar-refractivity contribution in [2.75, 3.05) is 0 Å². The van der Waals surface area contributed by atoms with Crippen LogP contribution in [0.5, 0.6) is 5.75 Å². The van der Waals surface area contributed by atoms with E-state index in [1.54, 1.807) is 36.1 Å². The van der Waals surface area contributed by atoms with Gasteiger partial charge >= 0.3 is 0 Å². The summed E-state index contributed by atoms with van der Waals surface area (Å²) in [5, 5.41) is 0. The quantitative estimate of drug-likeness (QED) is 0.714. The molecule has 0 fully saturated rings. The van der Waals surface area contributed by atoms with Crippen molar-refractivity contribution in [1.29, 1.82) is 0 Å². The lowest BCUT2D eigenvalue weighted by molar-refractivity contribution is -0.140. The highest BCUT2D eigenvalue weighted by molar-refractivity contribution is 5.94. The number of benzene rings is 2. The van der Waals surface area contributed by atoms with Gasteiger partial charge in [-0.05, 0) is 45.4 Å². The van der Waals surface area contributed by atoms with E-state index in [1.165, 1.54) is 6.92 Å². The fourth-order valence-corrected chi connectivity index (χ4v) is 2.57. The second kappa shape index (κ2) is 8.47. The predicted molar refractivity (Wildman–Crippen MR) is 98.7 cm³/mol. The van der Waals surface area contributed by atoms with Gasteiger partial charge in [-0.2, -0.15) is 0 Å². The zero-order valence-electron chi connectivity index (χ0n) is 15.2. The van der Waals surface area contributed by atoms with Crippen molar-refractivity contribution in [3.8, 4) is 5.75 Å². The monoisotopic (exact) mass is 339 g/mol. The summed E-state index contributed by atoms with van der Waals surface area (Å²) in [6.07, 6.45) is -0.631. The van der Waals surface area contributed by atoms with Crippen molar-refractivity contribution in [3.05, 3.63) is 65.7 Å². The van der Waals surface area contributed by atoms with Crippen LogP contribution in [0.15, 0.2) is 54.6 Å². The van der Waals surface area contributed by atoms with Crippen molar-refractivity contribution in [2.45, 2.75) is 46.4 Å². The standard InChI is InChI=1S/C21H25NO3/c1-15(2)22(14-18-9-6-5-7-10-18)21(24)17(4)25-20-12-8-11-19(13-20)16(3)23/h5-13,15,17H,14H2,1-4H3. The Morgan fingerprint density at radius 1 is 1.00 bits per heavy atom. The molecule has 0 aliphatic carbocycles. The second-order valence-electron chi connectivity index (χ2n) is 6.39. The van der Waals surface area contributed by atoms with Gasteiger partial charge in [0.25, 0.3) is 5.91 Å². The van der Waals surface area contributed by atoms with E-state index in [2.05, 4.69) is 0 Å². The summed E-state index contributed by atoms with van der Waals surface area (Å²) in [6, 6.07) is 16.9. The Hall–Kier alpha value is -2.62. The second-order valence-corrected chi connectivity index (χ2v) is 6.39. The van der Waals surface area contributed by atoms with Gasteiger partial charge in [0.1, 0.15) is 5.75 Å². The van der Waals surface area contributed by atoms with E-state index in [1.807, 2.05) is 44.2 Å². The van der Waals surface area contributed by atoms with E-state index in [-0.39, 0.29) is 17.7 Å². The molecule has 2 aromatic carbocycles. The molecule has 0 saturated carbocycles. The first-order chi connectivity index (χ1) is 11.9. The van der Waals surface area contributed by atoms with E-state index in [0.717, 1.165) is 5.56 Å². The third-order valence-corrected chi connectivity index (χ3v) is 4.00. The highest BCUT2D eigenvalue weighted by Gasteiger charge is 2.24. The molecule has 0 spiro atoms. The molecule has 0 bridgehead atoms. The molecule has 1 atom stereocenters. The largest absolute Gasteiger partial charge is 0.481 e. The molecule has 132 valence electrons. The Balaban J connectivity index is 2.10. The van der Waals surface area contributed by atoms with Crippen LogP contribution in [-0.4, -0.2) is 28.7 Å². The zero-order chi connectivity index (χ0) is 18.4. The molecular weight excluding hydrogens is 314 g/mol. The molecule has 2 rings (SSSR count). The number of carbonyl (C=O) groups is 2. The minimum absolute atomic E-state index is 0.0303. The van der Waals surface area contributed by atoms with Crippen LogP contribution in [-0.2, 0) is 11.3 Å². The topological polar surface area (TPSA) is 46.6 Å². The molecule has 0 aromatic heterocycles. The van der Waals surface area contributed by atoms with Gasteiger partial charge in [-0.3, -0.25) is 9.59 Å². The molecular formula is C21H25NO3. The third-order valence-electron chi connectivity index (χ3n) is 4.00. The lowest BCUT2D eigenvalue weighted by Gasteiger charge is -2.29. The van der Waals surface area contributed by atoms with Crippen molar-refractivity contribution in [2.24, 2.45) is 0 Å². The van der Waals surface area contributed by atoms with Gasteiger partial charge in [0.05, 0.1) is 0 Å². The number of carbonyl (C=O) groups excluding carboxylic acids is 2. The van der Waals surface area contributed by atoms with Crippen LogP contribution in [0, 0.1) is 0 Å². The highest BCUT2D eigenvalue weighted by Crippen LogP contribution is 2.18. The van der Waals surface area contributed by atoms with Gasteiger partial charge in [-0.1, -0.05) is 42.5 Å². The van der Waals surface area contributed by atoms with Crippen LogP contribution in [0.2, 0.25) is 0 Å². The van der Waals surface area contributed by atoms with E-state index in [9.17, 15) is 9.59 Å². The number of hydrogen-bond acceptors (Lipinski definition) is 3. The van der Waals surface area contributed by atoms with E-state index < -0.39 is 6.10 Å². The molecule has 0 radical (unpaired) electrons. The van der Waals surface area contributed by atoms with Gasteiger partial charge in [0, 0.05) is 18.2 Å². The third kappa shape index (κ3) is 5.18. The summed E-state index contributed by atoms with van der Waals surface area (Å²) in [5.74, 6) is 0.418. The summed E-state index contributed by atoms with van der Waals surface area (Å²) in [4.78, 5) is 26.1. The lowest BCUT2D eigenvalue weighted by atomic mass is 10.1. The fraction of sp³-hybridized carbons (Fsp3) is 0.333. The smallest absolute Gasteiger partial charge is 0.263 e. The minimum atomic E-state index is -0.631. The van der Waals surface area contributed by atoms with Gasteiger partial charge in [-0.15, -0.1) is 0 Å². The van der Waals surface area contributed by atoms with Crippen LogP contribution in [0.1, 0.15) is 43.6 Å².